The van der Waals surface area contributed by atoms with Gasteiger partial charge in [0.1, 0.15) is 30.5 Å². The summed E-state index contributed by atoms with van der Waals surface area (Å²) in [4.78, 5) is 0. The number of ether oxygens (including phenoxy) is 3. The second-order valence-corrected chi connectivity index (χ2v) is 10.4. The van der Waals surface area contributed by atoms with Gasteiger partial charge in [-0.15, -0.1) is 0 Å². The molecule has 0 saturated heterocycles. The van der Waals surface area contributed by atoms with E-state index in [4.69, 9.17) is 18.7 Å². The molecule has 5 nitrogen and oxygen atoms in total. The molecule has 0 aliphatic rings. The first-order chi connectivity index (χ1) is 21.7. The molecular weight excluding hydrogens is 546 g/mol. The number of hydrogen-bond acceptors (Lipinski definition) is 5. The summed E-state index contributed by atoms with van der Waals surface area (Å²) in [6, 6.07) is 42.4. The summed E-state index contributed by atoms with van der Waals surface area (Å²) in [6.45, 7) is 2.75. The normalized spacial score (nSPS) is 11.0. The van der Waals surface area contributed by atoms with Gasteiger partial charge in [-0.05, 0) is 47.4 Å². The van der Waals surface area contributed by atoms with E-state index >= 15 is 0 Å². The summed E-state index contributed by atoms with van der Waals surface area (Å²) in [7, 11) is 1.66. The number of rotatable bonds is 11. The number of aryl methyl sites for hydroxylation is 1. The van der Waals surface area contributed by atoms with Crippen molar-refractivity contribution in [3.05, 3.63) is 155 Å². The van der Waals surface area contributed by atoms with Crippen molar-refractivity contribution < 1.29 is 18.7 Å². The molecule has 0 fully saturated rings. The fourth-order valence-corrected chi connectivity index (χ4v) is 5.00. The van der Waals surface area contributed by atoms with E-state index in [0.29, 0.717) is 30.5 Å². The zero-order valence-corrected chi connectivity index (χ0v) is 24.8. The second-order valence-electron chi connectivity index (χ2n) is 10.4. The Kier molecular flexibility index (Phi) is 8.84. The summed E-state index contributed by atoms with van der Waals surface area (Å²) in [5.74, 6) is 2.75. The van der Waals surface area contributed by atoms with Gasteiger partial charge in [0.05, 0.1) is 23.9 Å². The highest BCUT2D eigenvalue weighted by molar-refractivity contribution is 5.87. The Morgan fingerprint density at radius 1 is 0.659 bits per heavy atom. The minimum absolute atomic E-state index is 0.385. The summed E-state index contributed by atoms with van der Waals surface area (Å²) < 4.78 is 24.4. The van der Waals surface area contributed by atoms with E-state index in [1.807, 2.05) is 104 Å². The lowest BCUT2D eigenvalue weighted by atomic mass is 9.97. The lowest BCUT2D eigenvalue weighted by Crippen LogP contribution is -2.01. The van der Waals surface area contributed by atoms with Crippen LogP contribution in [0.25, 0.3) is 34.6 Å². The van der Waals surface area contributed by atoms with Crippen LogP contribution in [0.3, 0.4) is 0 Å². The molecule has 6 aromatic rings. The van der Waals surface area contributed by atoms with Crippen LogP contribution in [-0.4, -0.2) is 12.3 Å². The van der Waals surface area contributed by atoms with E-state index in [1.54, 1.807) is 7.11 Å². The Hall–Kier alpha value is -5.55. The molecule has 0 atom stereocenters. The van der Waals surface area contributed by atoms with E-state index in [1.165, 1.54) is 0 Å². The highest BCUT2D eigenvalue weighted by Crippen LogP contribution is 2.43. The molecule has 0 bridgehead atoms. The second kappa shape index (κ2) is 13.6. The molecule has 0 aliphatic carbocycles. The average Bonchev–Trinajstić information content (AvgIpc) is 3.47. The van der Waals surface area contributed by atoms with E-state index in [2.05, 4.69) is 47.6 Å². The lowest BCUT2D eigenvalue weighted by molar-refractivity contribution is 0.289. The van der Waals surface area contributed by atoms with Gasteiger partial charge in [-0.1, -0.05) is 120 Å². The maximum Gasteiger partial charge on any atom is 0.178 e. The van der Waals surface area contributed by atoms with Crippen LogP contribution < -0.4 is 14.2 Å². The van der Waals surface area contributed by atoms with E-state index in [0.717, 1.165) is 50.4 Å². The highest BCUT2D eigenvalue weighted by Gasteiger charge is 2.23. The molecule has 1 heterocycles. The van der Waals surface area contributed by atoms with Crippen molar-refractivity contribution in [3.8, 4) is 39.7 Å². The van der Waals surface area contributed by atoms with Gasteiger partial charge >= 0.3 is 0 Å². The largest absolute Gasteiger partial charge is 0.497 e. The standard InChI is InChI=1S/C39H33NO4/c1-28-38(32-20-22-34(41-2)23-21-32)39(44-40-28)35-24-33(19-18-29-12-6-3-7-13-29)36(42-26-30-14-8-4-9-15-30)25-37(35)43-27-31-16-10-5-11-17-31/h3-25H,26-27H2,1-2H3. The maximum atomic E-state index is 6.51. The van der Waals surface area contributed by atoms with Crippen LogP contribution in [-0.2, 0) is 13.2 Å². The number of nitrogens with zero attached hydrogens (tertiary/aromatic N) is 1. The van der Waals surface area contributed by atoms with E-state index in [9.17, 15) is 0 Å². The van der Waals surface area contributed by atoms with Crippen LogP contribution in [0.5, 0.6) is 17.2 Å². The summed E-state index contributed by atoms with van der Waals surface area (Å²) in [5, 5.41) is 4.38. The zero-order chi connectivity index (χ0) is 30.1. The van der Waals surface area contributed by atoms with Crippen molar-refractivity contribution in [2.75, 3.05) is 7.11 Å². The Morgan fingerprint density at radius 2 is 1.25 bits per heavy atom. The summed E-state index contributed by atoms with van der Waals surface area (Å²) in [6.07, 6.45) is 4.14. The molecule has 5 heteroatoms. The van der Waals surface area contributed by atoms with Crippen molar-refractivity contribution >= 4 is 12.2 Å². The Morgan fingerprint density at radius 3 is 1.86 bits per heavy atom. The first kappa shape index (κ1) is 28.6. The van der Waals surface area contributed by atoms with Crippen LogP contribution in [0.2, 0.25) is 0 Å². The fraction of sp³-hybridized carbons (Fsp3) is 0.103. The van der Waals surface area contributed by atoms with Gasteiger partial charge in [0.25, 0.3) is 0 Å². The van der Waals surface area contributed by atoms with Crippen LogP contribution in [0.1, 0.15) is 27.9 Å². The smallest absolute Gasteiger partial charge is 0.178 e. The molecule has 0 radical (unpaired) electrons. The number of methoxy groups -OCH3 is 1. The maximum absolute atomic E-state index is 6.51. The summed E-state index contributed by atoms with van der Waals surface area (Å²) in [5.41, 5.74) is 7.55. The first-order valence-corrected chi connectivity index (χ1v) is 14.5. The highest BCUT2D eigenvalue weighted by atomic mass is 16.5. The third-order valence-corrected chi connectivity index (χ3v) is 7.33. The van der Waals surface area contributed by atoms with Gasteiger partial charge in [-0.2, -0.15) is 0 Å². The lowest BCUT2D eigenvalue weighted by Gasteiger charge is -2.17. The van der Waals surface area contributed by atoms with Gasteiger partial charge < -0.3 is 18.7 Å². The molecule has 1 aromatic heterocycles. The van der Waals surface area contributed by atoms with Crippen molar-refractivity contribution in [2.24, 2.45) is 0 Å². The third-order valence-electron chi connectivity index (χ3n) is 7.33. The van der Waals surface area contributed by atoms with Crippen molar-refractivity contribution in [1.29, 1.82) is 0 Å². The first-order valence-electron chi connectivity index (χ1n) is 14.5. The van der Waals surface area contributed by atoms with Gasteiger partial charge in [0.2, 0.25) is 0 Å². The van der Waals surface area contributed by atoms with Crippen molar-refractivity contribution in [2.45, 2.75) is 20.1 Å². The van der Waals surface area contributed by atoms with Gasteiger partial charge in [-0.3, -0.25) is 0 Å². The van der Waals surface area contributed by atoms with Crippen LogP contribution in [0.4, 0.5) is 0 Å². The predicted octanol–water partition coefficient (Wildman–Crippen LogP) is 9.65. The SMILES string of the molecule is COc1ccc(-c2c(C)noc2-c2cc(C=Cc3ccccc3)c(OCc3ccccc3)cc2OCc2ccccc2)cc1. The Labute approximate surface area is 258 Å². The zero-order valence-electron chi connectivity index (χ0n) is 24.8. The molecule has 5 aromatic carbocycles. The van der Waals surface area contributed by atoms with Crippen LogP contribution in [0.15, 0.2) is 132 Å². The number of hydrogen-bond donors (Lipinski definition) is 0. The molecule has 0 spiro atoms. The fourth-order valence-electron chi connectivity index (χ4n) is 5.00. The molecular formula is C39H33NO4. The van der Waals surface area contributed by atoms with Crippen molar-refractivity contribution in [1.82, 2.24) is 5.16 Å². The van der Waals surface area contributed by atoms with E-state index < -0.39 is 0 Å². The minimum Gasteiger partial charge on any atom is -0.497 e. The summed E-state index contributed by atoms with van der Waals surface area (Å²) >= 11 is 0. The van der Waals surface area contributed by atoms with Gasteiger partial charge in [-0.25, -0.2) is 0 Å². The van der Waals surface area contributed by atoms with Crippen LogP contribution >= 0.6 is 0 Å². The number of aromatic nitrogens is 1. The molecule has 218 valence electrons. The molecule has 0 aliphatic heterocycles. The Balaban J connectivity index is 1.47. The quantitative estimate of drug-likeness (QED) is 0.143. The predicted molar refractivity (Wildman–Crippen MR) is 176 cm³/mol. The number of benzene rings is 5. The Bertz CT molecular complexity index is 1830. The average molecular weight is 580 g/mol. The molecule has 0 saturated carbocycles. The minimum atomic E-state index is 0.385. The van der Waals surface area contributed by atoms with Crippen molar-refractivity contribution in [3.63, 3.8) is 0 Å². The van der Waals surface area contributed by atoms with Gasteiger partial charge in [0.15, 0.2) is 5.76 Å². The monoisotopic (exact) mass is 579 g/mol. The molecule has 44 heavy (non-hydrogen) atoms. The van der Waals surface area contributed by atoms with E-state index in [-0.39, 0.29) is 0 Å². The topological polar surface area (TPSA) is 53.7 Å². The van der Waals surface area contributed by atoms with Crippen LogP contribution in [0, 0.1) is 6.92 Å². The third kappa shape index (κ3) is 6.74. The van der Waals surface area contributed by atoms with Gasteiger partial charge in [0, 0.05) is 11.6 Å². The molecule has 0 N–H and O–H groups in total. The molecule has 0 amide bonds. The molecule has 0 unspecified atom stereocenters. The molecule has 6 rings (SSSR count).